The lowest BCUT2D eigenvalue weighted by Gasteiger charge is -2.32. The molecule has 154 valence electrons. The number of hydrogen-bond acceptors (Lipinski definition) is 7. The van der Waals surface area contributed by atoms with Crippen LogP contribution in [0.25, 0.3) is 31.8 Å². The normalized spacial score (nSPS) is 15.9. The highest BCUT2D eigenvalue weighted by Gasteiger charge is 2.22. The van der Waals surface area contributed by atoms with Gasteiger partial charge >= 0.3 is 0 Å². The van der Waals surface area contributed by atoms with Crippen molar-refractivity contribution in [1.82, 2.24) is 14.8 Å². The van der Waals surface area contributed by atoms with Gasteiger partial charge in [-0.05, 0) is 38.2 Å². The minimum atomic E-state index is -0.104. The Balaban J connectivity index is 1.62. The molecular weight excluding hydrogens is 398 g/mol. The fraction of sp³-hybridized carbons (Fsp3) is 0.304. The maximum absolute atomic E-state index is 13.4. The summed E-state index contributed by atoms with van der Waals surface area (Å²) in [6.45, 7) is 6.15. The van der Waals surface area contributed by atoms with E-state index >= 15 is 0 Å². The van der Waals surface area contributed by atoms with Crippen LogP contribution >= 0.6 is 11.3 Å². The molecule has 4 aromatic rings. The van der Waals surface area contributed by atoms with E-state index in [-0.39, 0.29) is 11.2 Å². The first kappa shape index (κ1) is 19.2. The van der Waals surface area contributed by atoms with E-state index in [2.05, 4.69) is 21.8 Å². The minimum Gasteiger partial charge on any atom is -0.507 e. The van der Waals surface area contributed by atoms with Gasteiger partial charge in [0.1, 0.15) is 22.1 Å². The van der Waals surface area contributed by atoms with Gasteiger partial charge in [0.15, 0.2) is 0 Å². The molecule has 1 fully saturated rings. The summed E-state index contributed by atoms with van der Waals surface area (Å²) in [6, 6.07) is 11.1. The van der Waals surface area contributed by atoms with Crippen LogP contribution in [0.5, 0.6) is 5.75 Å². The Kier molecular flexibility index (Phi) is 4.81. The molecule has 0 saturated carbocycles. The number of nitrogens with zero attached hydrogens (tertiary/aromatic N) is 3. The predicted molar refractivity (Wildman–Crippen MR) is 120 cm³/mol. The number of aromatic nitrogens is 1. The Bertz CT molecular complexity index is 1270. The van der Waals surface area contributed by atoms with Crippen LogP contribution < -0.4 is 5.43 Å². The van der Waals surface area contributed by atoms with Crippen LogP contribution in [0.15, 0.2) is 45.6 Å². The molecule has 6 nitrogen and oxygen atoms in total. The standard InChI is InChI=1S/C23H23N3O3S/c1-14-20(23-24-17-5-3-4-6-19(17)30-23)21(28)15-7-8-18(27)16(22(15)29-14)13-26-11-9-25(2)10-12-26/h3-8,27H,9-13H2,1-2H3. The Hall–Kier alpha value is -2.74. The summed E-state index contributed by atoms with van der Waals surface area (Å²) in [5.41, 5.74) is 2.42. The molecule has 0 aliphatic carbocycles. The molecule has 0 bridgehead atoms. The number of para-hydroxylation sites is 1. The van der Waals surface area contributed by atoms with E-state index in [1.54, 1.807) is 19.1 Å². The molecule has 1 aliphatic rings. The van der Waals surface area contributed by atoms with Gasteiger partial charge in [-0.3, -0.25) is 9.69 Å². The Labute approximate surface area is 178 Å². The highest BCUT2D eigenvalue weighted by molar-refractivity contribution is 7.21. The third-order valence-corrected chi connectivity index (χ3v) is 6.85. The molecule has 7 heteroatoms. The molecule has 2 aromatic carbocycles. The van der Waals surface area contributed by atoms with Gasteiger partial charge in [-0.15, -0.1) is 11.3 Å². The zero-order valence-corrected chi connectivity index (χ0v) is 17.8. The zero-order valence-electron chi connectivity index (χ0n) is 17.0. The van der Waals surface area contributed by atoms with E-state index < -0.39 is 0 Å². The number of phenols is 1. The van der Waals surface area contributed by atoms with Crippen molar-refractivity contribution in [3.05, 3.63) is 57.9 Å². The van der Waals surface area contributed by atoms with Crippen molar-refractivity contribution < 1.29 is 9.52 Å². The minimum absolute atomic E-state index is 0.104. The molecular formula is C23H23N3O3S. The number of likely N-dealkylation sites (N-methyl/N-ethyl adjacent to an activating group) is 1. The van der Waals surface area contributed by atoms with E-state index in [4.69, 9.17) is 4.42 Å². The second-order valence-electron chi connectivity index (χ2n) is 7.87. The van der Waals surface area contributed by atoms with Crippen molar-refractivity contribution in [2.24, 2.45) is 0 Å². The summed E-state index contributed by atoms with van der Waals surface area (Å²) in [5, 5.41) is 11.7. The Morgan fingerprint density at radius 2 is 1.90 bits per heavy atom. The van der Waals surface area contributed by atoms with Gasteiger partial charge in [0.2, 0.25) is 5.43 Å². The predicted octanol–water partition coefficient (Wildman–Crippen LogP) is 3.83. The van der Waals surface area contributed by atoms with Gasteiger partial charge in [0.25, 0.3) is 0 Å². The Morgan fingerprint density at radius 1 is 1.13 bits per heavy atom. The van der Waals surface area contributed by atoms with Gasteiger partial charge in [0.05, 0.1) is 26.7 Å². The summed E-state index contributed by atoms with van der Waals surface area (Å²) in [5.74, 6) is 0.688. The topological polar surface area (TPSA) is 69.8 Å². The van der Waals surface area contributed by atoms with Gasteiger partial charge in [-0.2, -0.15) is 0 Å². The second-order valence-corrected chi connectivity index (χ2v) is 8.90. The highest BCUT2D eigenvalue weighted by atomic mass is 32.1. The first-order valence-corrected chi connectivity index (χ1v) is 10.9. The number of fused-ring (bicyclic) bond motifs is 2. The first-order chi connectivity index (χ1) is 14.5. The summed E-state index contributed by atoms with van der Waals surface area (Å²) >= 11 is 1.49. The largest absolute Gasteiger partial charge is 0.507 e. The average molecular weight is 422 g/mol. The highest BCUT2D eigenvalue weighted by Crippen LogP contribution is 2.34. The van der Waals surface area contributed by atoms with Crippen LogP contribution in [0.4, 0.5) is 0 Å². The summed E-state index contributed by atoms with van der Waals surface area (Å²) < 4.78 is 7.20. The van der Waals surface area contributed by atoms with Crippen molar-refractivity contribution >= 4 is 32.5 Å². The molecule has 1 aliphatic heterocycles. The summed E-state index contributed by atoms with van der Waals surface area (Å²) in [7, 11) is 2.11. The van der Waals surface area contributed by atoms with E-state index in [1.165, 1.54) is 11.3 Å². The van der Waals surface area contributed by atoms with Crippen LogP contribution in [0.2, 0.25) is 0 Å². The van der Waals surface area contributed by atoms with Crippen molar-refractivity contribution in [3.8, 4) is 16.3 Å². The lowest BCUT2D eigenvalue weighted by molar-refractivity contribution is 0.147. The average Bonchev–Trinajstić information content (AvgIpc) is 3.15. The SMILES string of the molecule is Cc1oc2c(CN3CCN(C)CC3)c(O)ccc2c(=O)c1-c1nc2ccccc2s1. The number of benzene rings is 2. The number of aromatic hydroxyl groups is 1. The third kappa shape index (κ3) is 3.29. The van der Waals surface area contributed by atoms with Crippen LogP contribution in [0.3, 0.4) is 0 Å². The molecule has 30 heavy (non-hydrogen) atoms. The van der Waals surface area contributed by atoms with Gasteiger partial charge in [0, 0.05) is 32.7 Å². The molecule has 3 heterocycles. The molecule has 0 spiro atoms. The number of phenolic OH excluding ortho intramolecular Hbond substituents is 1. The van der Waals surface area contributed by atoms with E-state index in [0.717, 1.165) is 36.4 Å². The first-order valence-electron chi connectivity index (χ1n) is 10.1. The number of aryl methyl sites for hydroxylation is 1. The molecule has 1 saturated heterocycles. The van der Waals surface area contributed by atoms with Crippen molar-refractivity contribution in [3.63, 3.8) is 0 Å². The van der Waals surface area contributed by atoms with E-state index in [0.29, 0.717) is 39.4 Å². The summed E-state index contributed by atoms with van der Waals surface area (Å²) in [6.07, 6.45) is 0. The van der Waals surface area contributed by atoms with Crippen LogP contribution in [0, 0.1) is 6.92 Å². The molecule has 0 amide bonds. The lowest BCUT2D eigenvalue weighted by atomic mass is 10.1. The lowest BCUT2D eigenvalue weighted by Crippen LogP contribution is -2.43. The molecule has 5 rings (SSSR count). The molecule has 0 radical (unpaired) electrons. The van der Waals surface area contributed by atoms with Gasteiger partial charge in [-0.25, -0.2) is 4.98 Å². The number of hydrogen-bond donors (Lipinski definition) is 1. The molecule has 0 atom stereocenters. The molecule has 1 N–H and O–H groups in total. The zero-order chi connectivity index (χ0) is 20.8. The van der Waals surface area contributed by atoms with Crippen molar-refractivity contribution in [2.75, 3.05) is 33.2 Å². The maximum atomic E-state index is 13.4. The quantitative estimate of drug-likeness (QED) is 0.542. The van der Waals surface area contributed by atoms with Crippen molar-refractivity contribution in [2.45, 2.75) is 13.5 Å². The van der Waals surface area contributed by atoms with Crippen LogP contribution in [-0.4, -0.2) is 53.1 Å². The smallest absolute Gasteiger partial charge is 0.203 e. The Morgan fingerprint density at radius 3 is 2.67 bits per heavy atom. The number of rotatable bonds is 3. The maximum Gasteiger partial charge on any atom is 0.203 e. The third-order valence-electron chi connectivity index (χ3n) is 5.80. The summed E-state index contributed by atoms with van der Waals surface area (Å²) in [4.78, 5) is 22.6. The van der Waals surface area contributed by atoms with Gasteiger partial charge in [-0.1, -0.05) is 12.1 Å². The molecule has 0 unspecified atom stereocenters. The fourth-order valence-electron chi connectivity index (χ4n) is 4.02. The number of thiazole rings is 1. The fourth-order valence-corrected chi connectivity index (χ4v) is 5.08. The number of piperazine rings is 1. The van der Waals surface area contributed by atoms with E-state index in [9.17, 15) is 9.90 Å². The van der Waals surface area contributed by atoms with Crippen LogP contribution in [0.1, 0.15) is 11.3 Å². The monoisotopic (exact) mass is 421 g/mol. The van der Waals surface area contributed by atoms with Crippen molar-refractivity contribution in [1.29, 1.82) is 0 Å². The van der Waals surface area contributed by atoms with Crippen LogP contribution in [-0.2, 0) is 6.54 Å². The second kappa shape index (κ2) is 7.50. The van der Waals surface area contributed by atoms with E-state index in [1.807, 2.05) is 24.3 Å². The molecule has 2 aromatic heterocycles. The van der Waals surface area contributed by atoms with Gasteiger partial charge < -0.3 is 14.4 Å².